The number of aryl methyl sites for hydroxylation is 1. The Labute approximate surface area is 150 Å². The number of aliphatic imine (C=N–C) groups is 1. The van der Waals surface area contributed by atoms with E-state index in [-0.39, 0.29) is 5.82 Å². The van der Waals surface area contributed by atoms with Crippen LogP contribution in [-0.2, 0) is 13.0 Å². The molecule has 2 N–H and O–H groups in total. The average molecular weight is 357 g/mol. The van der Waals surface area contributed by atoms with Gasteiger partial charge in [0.15, 0.2) is 5.96 Å². The molecule has 0 aliphatic rings. The standard InChI is InChI=1S/C18H20FN5O2/c1-20-18(22-12-15-4-3-11-25-15)21-10-2-5-16-23-17(24-26-16)13-6-8-14(19)9-7-13/h3-4,6-9,11H,2,5,10,12H2,1H3,(H2,20,21,22). The van der Waals surface area contributed by atoms with Crippen molar-refractivity contribution in [1.82, 2.24) is 20.8 Å². The zero-order valence-corrected chi connectivity index (χ0v) is 14.4. The summed E-state index contributed by atoms with van der Waals surface area (Å²) in [7, 11) is 1.71. The second-order valence-electron chi connectivity index (χ2n) is 5.55. The van der Waals surface area contributed by atoms with Gasteiger partial charge in [0.1, 0.15) is 11.6 Å². The van der Waals surface area contributed by atoms with E-state index in [1.807, 2.05) is 12.1 Å². The SMILES string of the molecule is CN=C(NCCCc1nc(-c2ccc(F)cc2)no1)NCc1ccco1. The zero-order valence-electron chi connectivity index (χ0n) is 14.4. The van der Waals surface area contributed by atoms with Gasteiger partial charge < -0.3 is 19.6 Å². The van der Waals surface area contributed by atoms with Gasteiger partial charge in [-0.3, -0.25) is 4.99 Å². The first kappa shape index (κ1) is 17.7. The smallest absolute Gasteiger partial charge is 0.227 e. The minimum atomic E-state index is -0.294. The van der Waals surface area contributed by atoms with E-state index in [2.05, 4.69) is 25.8 Å². The molecule has 3 aromatic rings. The number of nitrogens with one attached hydrogen (secondary N) is 2. The largest absolute Gasteiger partial charge is 0.467 e. The fraction of sp³-hybridized carbons (Fsp3) is 0.278. The van der Waals surface area contributed by atoms with Gasteiger partial charge in [-0.1, -0.05) is 5.16 Å². The molecule has 3 rings (SSSR count). The first-order chi connectivity index (χ1) is 12.7. The van der Waals surface area contributed by atoms with Crippen molar-refractivity contribution in [2.75, 3.05) is 13.6 Å². The highest BCUT2D eigenvalue weighted by Crippen LogP contribution is 2.16. The van der Waals surface area contributed by atoms with Crippen molar-refractivity contribution >= 4 is 5.96 Å². The number of hydrogen-bond acceptors (Lipinski definition) is 5. The van der Waals surface area contributed by atoms with Gasteiger partial charge in [0.2, 0.25) is 11.7 Å². The number of rotatable bonds is 7. The van der Waals surface area contributed by atoms with E-state index in [9.17, 15) is 4.39 Å². The molecule has 0 bridgehead atoms. The lowest BCUT2D eigenvalue weighted by molar-refractivity contribution is 0.376. The Morgan fingerprint density at radius 3 is 2.77 bits per heavy atom. The second-order valence-corrected chi connectivity index (χ2v) is 5.55. The number of benzene rings is 1. The number of furan rings is 1. The third kappa shape index (κ3) is 4.92. The van der Waals surface area contributed by atoms with Crippen molar-refractivity contribution in [2.24, 2.45) is 4.99 Å². The lowest BCUT2D eigenvalue weighted by atomic mass is 10.2. The summed E-state index contributed by atoms with van der Waals surface area (Å²) in [5.74, 6) is 2.25. The summed E-state index contributed by atoms with van der Waals surface area (Å²) in [5, 5.41) is 10.3. The molecule has 26 heavy (non-hydrogen) atoms. The average Bonchev–Trinajstić information content (AvgIpc) is 3.34. The van der Waals surface area contributed by atoms with Crippen LogP contribution in [0, 0.1) is 5.82 Å². The van der Waals surface area contributed by atoms with Crippen LogP contribution in [0.2, 0.25) is 0 Å². The number of guanidine groups is 1. The van der Waals surface area contributed by atoms with Crippen molar-refractivity contribution in [3.8, 4) is 11.4 Å². The highest BCUT2D eigenvalue weighted by molar-refractivity contribution is 5.79. The molecule has 1 aromatic carbocycles. The molecule has 0 spiro atoms. The lowest BCUT2D eigenvalue weighted by Gasteiger charge is -2.10. The maximum absolute atomic E-state index is 13.0. The molecule has 0 amide bonds. The molecule has 2 aromatic heterocycles. The fourth-order valence-electron chi connectivity index (χ4n) is 2.32. The topological polar surface area (TPSA) is 88.5 Å². The third-order valence-corrected chi connectivity index (χ3v) is 3.66. The van der Waals surface area contributed by atoms with Gasteiger partial charge in [0, 0.05) is 25.6 Å². The molecule has 0 radical (unpaired) electrons. The van der Waals surface area contributed by atoms with Crippen LogP contribution in [0.4, 0.5) is 4.39 Å². The Morgan fingerprint density at radius 1 is 1.19 bits per heavy atom. The summed E-state index contributed by atoms with van der Waals surface area (Å²) in [6.07, 6.45) is 3.07. The van der Waals surface area contributed by atoms with Crippen LogP contribution >= 0.6 is 0 Å². The Morgan fingerprint density at radius 2 is 2.04 bits per heavy atom. The number of nitrogens with zero attached hydrogens (tertiary/aromatic N) is 3. The van der Waals surface area contributed by atoms with Crippen molar-refractivity contribution in [1.29, 1.82) is 0 Å². The monoisotopic (exact) mass is 357 g/mol. The van der Waals surface area contributed by atoms with Crippen LogP contribution in [0.15, 0.2) is 56.6 Å². The summed E-state index contributed by atoms with van der Waals surface area (Å²) >= 11 is 0. The number of aromatic nitrogens is 2. The lowest BCUT2D eigenvalue weighted by Crippen LogP contribution is -2.37. The minimum absolute atomic E-state index is 0.294. The highest BCUT2D eigenvalue weighted by Gasteiger charge is 2.08. The van der Waals surface area contributed by atoms with Gasteiger partial charge >= 0.3 is 0 Å². The van der Waals surface area contributed by atoms with Crippen molar-refractivity contribution < 1.29 is 13.3 Å². The van der Waals surface area contributed by atoms with Gasteiger partial charge in [-0.2, -0.15) is 4.98 Å². The fourth-order valence-corrected chi connectivity index (χ4v) is 2.32. The molecule has 7 nitrogen and oxygen atoms in total. The summed E-state index contributed by atoms with van der Waals surface area (Å²) in [6.45, 7) is 1.27. The quantitative estimate of drug-likeness (QED) is 0.384. The molecule has 8 heteroatoms. The van der Waals surface area contributed by atoms with Crippen LogP contribution in [0.3, 0.4) is 0 Å². The molecular formula is C18H20FN5O2. The molecule has 0 saturated heterocycles. The predicted octanol–water partition coefficient (Wildman–Crippen LogP) is 2.77. The number of hydrogen-bond donors (Lipinski definition) is 2. The van der Waals surface area contributed by atoms with Gasteiger partial charge in [-0.25, -0.2) is 4.39 Å². The van der Waals surface area contributed by atoms with E-state index in [1.54, 1.807) is 25.4 Å². The Hall–Kier alpha value is -3.16. The van der Waals surface area contributed by atoms with Gasteiger partial charge in [-0.15, -0.1) is 0 Å². The first-order valence-corrected chi connectivity index (χ1v) is 8.30. The molecule has 2 heterocycles. The molecular weight excluding hydrogens is 337 g/mol. The Bertz CT molecular complexity index is 828. The van der Waals surface area contributed by atoms with E-state index in [0.717, 1.165) is 17.7 Å². The summed E-state index contributed by atoms with van der Waals surface area (Å²) in [6, 6.07) is 9.74. The van der Waals surface area contributed by atoms with E-state index in [1.165, 1.54) is 12.1 Å². The maximum atomic E-state index is 13.0. The highest BCUT2D eigenvalue weighted by atomic mass is 19.1. The molecule has 0 fully saturated rings. The van der Waals surface area contributed by atoms with Crippen LogP contribution < -0.4 is 10.6 Å². The van der Waals surface area contributed by atoms with Crippen LogP contribution in [0.5, 0.6) is 0 Å². The van der Waals surface area contributed by atoms with E-state index >= 15 is 0 Å². The normalized spacial score (nSPS) is 11.5. The molecule has 0 unspecified atom stereocenters. The second kappa shape index (κ2) is 8.80. The first-order valence-electron chi connectivity index (χ1n) is 8.30. The Balaban J connectivity index is 1.41. The Kier molecular flexibility index (Phi) is 5.97. The minimum Gasteiger partial charge on any atom is -0.467 e. The molecule has 0 atom stereocenters. The van der Waals surface area contributed by atoms with E-state index in [4.69, 9.17) is 8.94 Å². The molecule has 0 aliphatic heterocycles. The molecule has 136 valence electrons. The predicted molar refractivity (Wildman–Crippen MR) is 94.9 cm³/mol. The van der Waals surface area contributed by atoms with Crippen molar-refractivity contribution in [3.63, 3.8) is 0 Å². The van der Waals surface area contributed by atoms with Gasteiger partial charge in [0.05, 0.1) is 12.8 Å². The zero-order chi connectivity index (χ0) is 18.2. The van der Waals surface area contributed by atoms with Crippen molar-refractivity contribution in [3.05, 3.63) is 60.1 Å². The third-order valence-electron chi connectivity index (χ3n) is 3.66. The van der Waals surface area contributed by atoms with Gasteiger partial charge in [-0.05, 0) is 42.8 Å². The van der Waals surface area contributed by atoms with Crippen LogP contribution in [-0.4, -0.2) is 29.7 Å². The van der Waals surface area contributed by atoms with Gasteiger partial charge in [0.25, 0.3) is 0 Å². The summed E-state index contributed by atoms with van der Waals surface area (Å²) in [4.78, 5) is 8.48. The molecule has 0 aliphatic carbocycles. The number of halogens is 1. The van der Waals surface area contributed by atoms with Crippen LogP contribution in [0.1, 0.15) is 18.1 Å². The summed E-state index contributed by atoms with van der Waals surface area (Å²) in [5.41, 5.74) is 0.724. The van der Waals surface area contributed by atoms with E-state index in [0.29, 0.717) is 37.2 Å². The molecule has 0 saturated carbocycles. The maximum Gasteiger partial charge on any atom is 0.227 e. The summed E-state index contributed by atoms with van der Waals surface area (Å²) < 4.78 is 23.5. The van der Waals surface area contributed by atoms with E-state index < -0.39 is 0 Å². The van der Waals surface area contributed by atoms with Crippen LogP contribution in [0.25, 0.3) is 11.4 Å². The van der Waals surface area contributed by atoms with Crippen molar-refractivity contribution in [2.45, 2.75) is 19.4 Å².